The van der Waals surface area contributed by atoms with Crippen LogP contribution in [0, 0.1) is 5.92 Å². The maximum absolute atomic E-state index is 12.0. The highest BCUT2D eigenvalue weighted by atomic mass is 16.6. The molecule has 4 aliphatic rings. The molecule has 2 amide bonds. The van der Waals surface area contributed by atoms with E-state index in [0.717, 1.165) is 45.3 Å². The lowest BCUT2D eigenvalue weighted by atomic mass is 9.89. The second-order valence-corrected chi connectivity index (χ2v) is 7.27. The number of hydrogen-bond acceptors (Lipinski definition) is 5. The topological polar surface area (TPSA) is 71.1 Å². The van der Waals surface area contributed by atoms with E-state index in [4.69, 9.17) is 9.47 Å². The number of piperidine rings is 2. The lowest BCUT2D eigenvalue weighted by molar-refractivity contribution is -0.0198. The predicted molar refractivity (Wildman–Crippen MR) is 82.0 cm³/mol. The summed E-state index contributed by atoms with van der Waals surface area (Å²) in [7, 11) is 0. The first-order valence-corrected chi connectivity index (χ1v) is 8.74. The van der Waals surface area contributed by atoms with Crippen molar-refractivity contribution in [3.8, 4) is 0 Å². The summed E-state index contributed by atoms with van der Waals surface area (Å²) in [5, 5.41) is 2.78. The molecule has 3 atom stereocenters. The Morgan fingerprint density at radius 3 is 2.74 bits per heavy atom. The largest absolute Gasteiger partial charge is 0.450 e. The van der Waals surface area contributed by atoms with E-state index >= 15 is 0 Å². The Morgan fingerprint density at radius 1 is 1.39 bits per heavy atom. The number of carbonyl (C=O) groups excluding carboxylic acids is 2. The predicted octanol–water partition coefficient (Wildman–Crippen LogP) is 1.18. The highest BCUT2D eigenvalue weighted by molar-refractivity contribution is 5.70. The minimum atomic E-state index is -0.276. The van der Waals surface area contributed by atoms with Crippen molar-refractivity contribution in [2.45, 2.75) is 50.3 Å². The molecule has 128 valence electrons. The monoisotopic (exact) mass is 323 g/mol. The summed E-state index contributed by atoms with van der Waals surface area (Å²) < 4.78 is 10.6. The van der Waals surface area contributed by atoms with Crippen LogP contribution < -0.4 is 5.32 Å². The van der Waals surface area contributed by atoms with E-state index in [1.165, 1.54) is 0 Å². The molecule has 0 radical (unpaired) electrons. The fraction of sp³-hybridized carbons (Fsp3) is 0.875. The van der Waals surface area contributed by atoms with Gasteiger partial charge in [0.2, 0.25) is 0 Å². The standard InChI is InChI=1S/C16H25N3O4/c1-2-22-15(21)19-9-11-7-12(19)8-13(11)18-5-3-16(4-6-18)10-17-14(20)23-16/h11-13H,2-10H2,1H3,(H,17,20). The van der Waals surface area contributed by atoms with Gasteiger partial charge in [-0.3, -0.25) is 4.90 Å². The van der Waals surface area contributed by atoms with Gasteiger partial charge < -0.3 is 19.7 Å². The van der Waals surface area contributed by atoms with Crippen molar-refractivity contribution in [1.29, 1.82) is 0 Å². The number of hydrogen-bond donors (Lipinski definition) is 1. The molecular weight excluding hydrogens is 298 g/mol. The van der Waals surface area contributed by atoms with E-state index in [9.17, 15) is 9.59 Å². The van der Waals surface area contributed by atoms with Crippen LogP contribution in [0.15, 0.2) is 0 Å². The quantitative estimate of drug-likeness (QED) is 0.826. The van der Waals surface area contributed by atoms with Crippen LogP contribution in [-0.2, 0) is 9.47 Å². The SMILES string of the molecule is CCOC(=O)N1CC2CC1CC2N1CCC2(CC1)CNC(=O)O2. The molecule has 1 spiro atoms. The van der Waals surface area contributed by atoms with Crippen LogP contribution in [0.5, 0.6) is 0 Å². The molecule has 3 unspecified atom stereocenters. The summed E-state index contributed by atoms with van der Waals surface area (Å²) >= 11 is 0. The highest BCUT2D eigenvalue weighted by Gasteiger charge is 2.51. The van der Waals surface area contributed by atoms with E-state index in [1.54, 1.807) is 0 Å². The van der Waals surface area contributed by atoms with Crippen molar-refractivity contribution in [2.24, 2.45) is 5.92 Å². The van der Waals surface area contributed by atoms with Crippen LogP contribution in [0.3, 0.4) is 0 Å². The molecule has 1 aliphatic carbocycles. The first kappa shape index (κ1) is 15.1. The molecule has 1 N–H and O–H groups in total. The first-order chi connectivity index (χ1) is 11.1. The number of amides is 2. The molecule has 4 rings (SSSR count). The van der Waals surface area contributed by atoms with Gasteiger partial charge in [0.05, 0.1) is 13.2 Å². The van der Waals surface area contributed by atoms with Gasteiger partial charge in [-0.25, -0.2) is 9.59 Å². The van der Waals surface area contributed by atoms with Crippen LogP contribution >= 0.6 is 0 Å². The van der Waals surface area contributed by atoms with Gasteiger partial charge in [0.15, 0.2) is 0 Å². The summed E-state index contributed by atoms with van der Waals surface area (Å²) in [5.41, 5.74) is -0.276. The molecule has 0 aromatic carbocycles. The fourth-order valence-electron chi connectivity index (χ4n) is 4.85. The molecule has 23 heavy (non-hydrogen) atoms. The van der Waals surface area contributed by atoms with Crippen LogP contribution in [0.25, 0.3) is 0 Å². The van der Waals surface area contributed by atoms with Gasteiger partial charge in [-0.15, -0.1) is 0 Å². The zero-order chi connectivity index (χ0) is 16.0. The Hall–Kier alpha value is -1.50. The zero-order valence-corrected chi connectivity index (χ0v) is 13.6. The average Bonchev–Trinajstić information content (AvgIpc) is 3.23. The number of fused-ring (bicyclic) bond motifs is 2. The van der Waals surface area contributed by atoms with E-state index in [2.05, 4.69) is 10.2 Å². The van der Waals surface area contributed by atoms with Gasteiger partial charge in [0.25, 0.3) is 0 Å². The van der Waals surface area contributed by atoms with Crippen LogP contribution in [0.4, 0.5) is 9.59 Å². The highest BCUT2D eigenvalue weighted by Crippen LogP contribution is 2.42. The van der Waals surface area contributed by atoms with Crippen molar-refractivity contribution in [1.82, 2.24) is 15.1 Å². The Morgan fingerprint density at radius 2 is 2.17 bits per heavy atom. The van der Waals surface area contributed by atoms with Crippen LogP contribution in [0.2, 0.25) is 0 Å². The van der Waals surface area contributed by atoms with Crippen LogP contribution in [-0.4, -0.2) is 72.5 Å². The third-order valence-corrected chi connectivity index (χ3v) is 6.05. The Kier molecular flexibility index (Phi) is 3.63. The van der Waals surface area contributed by atoms with Crippen LogP contribution in [0.1, 0.15) is 32.6 Å². The second-order valence-electron chi connectivity index (χ2n) is 7.27. The summed E-state index contributed by atoms with van der Waals surface area (Å²) in [5.74, 6) is 0.558. The summed E-state index contributed by atoms with van der Waals surface area (Å²) in [4.78, 5) is 27.7. The molecule has 0 aromatic rings. The molecule has 4 fully saturated rings. The van der Waals surface area contributed by atoms with E-state index < -0.39 is 0 Å². The average molecular weight is 323 g/mol. The van der Waals surface area contributed by atoms with Crippen molar-refractivity contribution in [2.75, 3.05) is 32.8 Å². The normalized spacial score (nSPS) is 35.4. The smallest absolute Gasteiger partial charge is 0.410 e. The van der Waals surface area contributed by atoms with Gasteiger partial charge in [0.1, 0.15) is 5.60 Å². The van der Waals surface area contributed by atoms with Gasteiger partial charge in [-0.05, 0) is 25.7 Å². The maximum atomic E-state index is 12.0. The van der Waals surface area contributed by atoms with E-state index in [1.807, 2.05) is 11.8 Å². The van der Waals surface area contributed by atoms with Gasteiger partial charge in [-0.1, -0.05) is 0 Å². The third-order valence-electron chi connectivity index (χ3n) is 6.05. The van der Waals surface area contributed by atoms with E-state index in [0.29, 0.717) is 31.2 Å². The molecule has 0 aromatic heterocycles. The lowest BCUT2D eigenvalue weighted by Crippen LogP contribution is -2.53. The van der Waals surface area contributed by atoms with Crippen molar-refractivity contribution >= 4 is 12.2 Å². The summed E-state index contributed by atoms with van der Waals surface area (Å²) in [6.07, 6.45) is 3.53. The number of alkyl carbamates (subject to hydrolysis) is 1. The molecule has 3 aliphatic heterocycles. The molecule has 3 saturated heterocycles. The second kappa shape index (κ2) is 5.54. The van der Waals surface area contributed by atoms with Gasteiger partial charge in [0, 0.05) is 44.6 Å². The molecule has 2 bridgehead atoms. The summed E-state index contributed by atoms with van der Waals surface area (Å²) in [6, 6.07) is 0.902. The minimum Gasteiger partial charge on any atom is -0.450 e. The number of nitrogens with zero attached hydrogens (tertiary/aromatic N) is 2. The number of rotatable bonds is 2. The molecule has 3 heterocycles. The van der Waals surface area contributed by atoms with Gasteiger partial charge >= 0.3 is 12.2 Å². The van der Waals surface area contributed by atoms with Crippen molar-refractivity contribution < 1.29 is 19.1 Å². The Bertz CT molecular complexity index is 504. The number of ether oxygens (including phenoxy) is 2. The summed E-state index contributed by atoms with van der Waals surface area (Å²) in [6.45, 7) is 5.71. The maximum Gasteiger partial charge on any atom is 0.410 e. The zero-order valence-electron chi connectivity index (χ0n) is 13.6. The van der Waals surface area contributed by atoms with Crippen molar-refractivity contribution in [3.05, 3.63) is 0 Å². The third kappa shape index (κ3) is 2.55. The number of nitrogens with one attached hydrogen (secondary N) is 1. The molecular formula is C16H25N3O4. The Labute approximate surface area is 136 Å². The first-order valence-electron chi connectivity index (χ1n) is 8.74. The fourth-order valence-corrected chi connectivity index (χ4v) is 4.85. The number of carbonyl (C=O) groups is 2. The van der Waals surface area contributed by atoms with E-state index in [-0.39, 0.29) is 17.8 Å². The van der Waals surface area contributed by atoms with Gasteiger partial charge in [-0.2, -0.15) is 0 Å². The molecule has 7 heteroatoms. The molecule has 1 saturated carbocycles. The Balaban J connectivity index is 1.32. The van der Waals surface area contributed by atoms with Crippen molar-refractivity contribution in [3.63, 3.8) is 0 Å². The molecule has 7 nitrogen and oxygen atoms in total. The lowest BCUT2D eigenvalue weighted by Gasteiger charge is -2.43. The minimum absolute atomic E-state index is 0.153. The number of likely N-dealkylation sites (tertiary alicyclic amines) is 2.